The molecule has 2 heterocycles. The maximum absolute atomic E-state index is 4.81. The van der Waals surface area contributed by atoms with Crippen molar-refractivity contribution >= 4 is 41.3 Å². The molecule has 0 atom stereocenters. The van der Waals surface area contributed by atoms with Gasteiger partial charge in [-0.3, -0.25) is 4.68 Å². The summed E-state index contributed by atoms with van der Waals surface area (Å²) in [7, 11) is 4.05. The summed E-state index contributed by atoms with van der Waals surface area (Å²) in [5, 5.41) is 11.2. The summed E-state index contributed by atoms with van der Waals surface area (Å²) in [5.41, 5.74) is 3.60. The zero-order valence-electron chi connectivity index (χ0n) is 18.4. The molecule has 8 heteroatoms. The first-order valence-corrected chi connectivity index (χ1v) is 10.5. The Morgan fingerprint density at radius 3 is 2.57 bits per heavy atom. The maximum Gasteiger partial charge on any atom is 0.194 e. The van der Waals surface area contributed by atoms with Gasteiger partial charge in [-0.2, -0.15) is 5.10 Å². The van der Waals surface area contributed by atoms with E-state index in [-0.39, 0.29) is 29.4 Å². The fraction of sp³-hybridized carbons (Fsp3) is 0.650. The largest absolute Gasteiger partial charge is 0.357 e. The van der Waals surface area contributed by atoms with Crippen LogP contribution >= 0.6 is 35.3 Å². The monoisotopic (exact) mass is 518 g/mol. The van der Waals surface area contributed by atoms with Gasteiger partial charge in [0.05, 0.1) is 17.9 Å². The highest BCUT2D eigenvalue weighted by molar-refractivity contribution is 14.0. The van der Waals surface area contributed by atoms with Gasteiger partial charge in [-0.1, -0.05) is 34.6 Å². The summed E-state index contributed by atoms with van der Waals surface area (Å²) in [5.74, 6) is 1.30. The van der Waals surface area contributed by atoms with Gasteiger partial charge in [0.15, 0.2) is 5.96 Å². The summed E-state index contributed by atoms with van der Waals surface area (Å²) in [6, 6.07) is 0. The van der Waals surface area contributed by atoms with Crippen molar-refractivity contribution in [2.45, 2.75) is 66.0 Å². The fourth-order valence-electron chi connectivity index (χ4n) is 2.83. The summed E-state index contributed by atoms with van der Waals surface area (Å²) < 4.78 is 1.90. The van der Waals surface area contributed by atoms with E-state index in [2.05, 4.69) is 75.5 Å². The van der Waals surface area contributed by atoms with Crippen molar-refractivity contribution in [2.24, 2.45) is 12.0 Å². The van der Waals surface area contributed by atoms with Gasteiger partial charge >= 0.3 is 0 Å². The molecule has 0 unspecified atom stereocenters. The first-order chi connectivity index (χ1) is 12.6. The third kappa shape index (κ3) is 6.72. The van der Waals surface area contributed by atoms with Crippen molar-refractivity contribution in [3.8, 4) is 0 Å². The fourth-order valence-corrected chi connectivity index (χ4v) is 3.78. The summed E-state index contributed by atoms with van der Waals surface area (Å²) >= 11 is 1.68. The van der Waals surface area contributed by atoms with Crippen LogP contribution in [0.4, 0.5) is 0 Å². The Balaban J connectivity index is 0.00000392. The quantitative estimate of drug-likeness (QED) is 0.347. The molecule has 0 spiro atoms. The lowest BCUT2D eigenvalue weighted by Crippen LogP contribution is -2.38. The normalized spacial score (nSPS) is 12.2. The van der Waals surface area contributed by atoms with Gasteiger partial charge < -0.3 is 10.2 Å². The number of nitrogens with one attached hydrogen (secondary N) is 1. The molecule has 1 N–H and O–H groups in total. The average Bonchev–Trinajstić information content (AvgIpc) is 3.17. The van der Waals surface area contributed by atoms with Gasteiger partial charge in [0.1, 0.15) is 5.01 Å². The molecule has 158 valence electrons. The number of hydrogen-bond acceptors (Lipinski definition) is 4. The molecule has 2 rings (SSSR count). The van der Waals surface area contributed by atoms with E-state index in [9.17, 15) is 0 Å². The predicted molar refractivity (Wildman–Crippen MR) is 130 cm³/mol. The topological polar surface area (TPSA) is 58.3 Å². The number of guanidine groups is 1. The second-order valence-electron chi connectivity index (χ2n) is 8.27. The van der Waals surface area contributed by atoms with Crippen LogP contribution in [0, 0.1) is 0 Å². The van der Waals surface area contributed by atoms with Crippen molar-refractivity contribution in [1.29, 1.82) is 0 Å². The third-order valence-electron chi connectivity index (χ3n) is 4.27. The van der Waals surface area contributed by atoms with Crippen LogP contribution in [0.1, 0.15) is 69.4 Å². The number of thiazole rings is 1. The Morgan fingerprint density at radius 1 is 1.36 bits per heavy atom. The third-order valence-corrected chi connectivity index (χ3v) is 5.11. The molecule has 0 amide bonds. The van der Waals surface area contributed by atoms with Crippen molar-refractivity contribution in [3.05, 3.63) is 33.5 Å². The molecule has 6 nitrogen and oxygen atoms in total. The number of nitrogens with zero attached hydrogens (tertiary/aromatic N) is 5. The van der Waals surface area contributed by atoms with E-state index in [1.54, 1.807) is 11.3 Å². The van der Waals surface area contributed by atoms with Crippen LogP contribution in [0.15, 0.2) is 16.6 Å². The Bertz CT molecular complexity index is 772. The lowest BCUT2D eigenvalue weighted by Gasteiger charge is -2.22. The van der Waals surface area contributed by atoms with Gasteiger partial charge in [-0.15, -0.1) is 35.3 Å². The molecule has 0 aliphatic heterocycles. The van der Waals surface area contributed by atoms with E-state index in [4.69, 9.17) is 9.98 Å². The Hall–Kier alpha value is -1.16. The number of aromatic nitrogens is 3. The van der Waals surface area contributed by atoms with E-state index in [1.807, 2.05) is 11.7 Å². The zero-order chi connectivity index (χ0) is 20.2. The molecule has 2 aromatic rings. The molecule has 0 radical (unpaired) electrons. The number of rotatable bonds is 6. The molecule has 0 aromatic carbocycles. The summed E-state index contributed by atoms with van der Waals surface area (Å²) in [6.45, 7) is 15.2. The van der Waals surface area contributed by atoms with Crippen LogP contribution < -0.4 is 5.32 Å². The predicted octanol–water partition coefficient (Wildman–Crippen LogP) is 4.51. The van der Waals surface area contributed by atoms with Crippen molar-refractivity contribution in [2.75, 3.05) is 13.6 Å². The van der Waals surface area contributed by atoms with Gasteiger partial charge in [-0.25, -0.2) is 9.98 Å². The molecule has 0 saturated carbocycles. The summed E-state index contributed by atoms with van der Waals surface area (Å²) in [4.78, 5) is 11.7. The van der Waals surface area contributed by atoms with Crippen molar-refractivity contribution in [3.63, 3.8) is 0 Å². The van der Waals surface area contributed by atoms with E-state index < -0.39 is 0 Å². The second kappa shape index (κ2) is 10.6. The minimum atomic E-state index is 0. The molecular formula is C20H35IN6S. The van der Waals surface area contributed by atoms with E-state index >= 15 is 0 Å². The van der Waals surface area contributed by atoms with E-state index in [0.29, 0.717) is 12.5 Å². The maximum atomic E-state index is 4.81. The smallest absolute Gasteiger partial charge is 0.194 e. The van der Waals surface area contributed by atoms with Crippen LogP contribution in [0.25, 0.3) is 0 Å². The number of hydrogen-bond donors (Lipinski definition) is 1. The van der Waals surface area contributed by atoms with E-state index in [1.165, 1.54) is 5.56 Å². The Morgan fingerprint density at radius 2 is 2.04 bits per heavy atom. The molecular weight excluding hydrogens is 483 g/mol. The number of aliphatic imine (C=N–C) groups is 1. The van der Waals surface area contributed by atoms with Crippen LogP contribution in [-0.2, 0) is 25.6 Å². The molecule has 0 fully saturated rings. The first kappa shape index (κ1) is 24.9. The number of halogens is 1. The highest BCUT2D eigenvalue weighted by Crippen LogP contribution is 2.24. The standard InChI is InChI=1S/C20H34N6S.HI/c1-9-21-19(22-10-17-23-16(13-27-17)20(4,5)6)25(7)11-15-12-26(8)24-18(15)14(2)3;/h12-14H,9-11H2,1-8H3,(H,21,22);1H. The highest BCUT2D eigenvalue weighted by Gasteiger charge is 2.18. The molecule has 28 heavy (non-hydrogen) atoms. The SMILES string of the molecule is CCNC(=NCc1nc(C(C)(C)C)cs1)N(C)Cc1cn(C)nc1C(C)C.I. The van der Waals surface area contributed by atoms with Crippen molar-refractivity contribution in [1.82, 2.24) is 25.0 Å². The Labute approximate surface area is 190 Å². The highest BCUT2D eigenvalue weighted by atomic mass is 127. The zero-order valence-corrected chi connectivity index (χ0v) is 21.6. The van der Waals surface area contributed by atoms with Gasteiger partial charge in [0.2, 0.25) is 0 Å². The van der Waals surface area contributed by atoms with E-state index in [0.717, 1.165) is 35.4 Å². The van der Waals surface area contributed by atoms with Crippen LogP contribution in [0.2, 0.25) is 0 Å². The average molecular weight is 519 g/mol. The minimum absolute atomic E-state index is 0. The second-order valence-corrected chi connectivity index (χ2v) is 9.21. The van der Waals surface area contributed by atoms with Crippen LogP contribution in [-0.4, -0.2) is 39.2 Å². The van der Waals surface area contributed by atoms with Crippen LogP contribution in [0.5, 0.6) is 0 Å². The first-order valence-electron chi connectivity index (χ1n) is 9.58. The lowest BCUT2D eigenvalue weighted by molar-refractivity contribution is 0.473. The van der Waals surface area contributed by atoms with Gasteiger partial charge in [-0.05, 0) is 12.8 Å². The molecule has 0 aliphatic rings. The van der Waals surface area contributed by atoms with Gasteiger partial charge in [0.25, 0.3) is 0 Å². The minimum Gasteiger partial charge on any atom is -0.357 e. The van der Waals surface area contributed by atoms with Crippen LogP contribution in [0.3, 0.4) is 0 Å². The van der Waals surface area contributed by atoms with Gasteiger partial charge in [0, 0.05) is 49.7 Å². The Kier molecular flexibility index (Phi) is 9.39. The summed E-state index contributed by atoms with van der Waals surface area (Å²) in [6.07, 6.45) is 2.10. The molecule has 2 aromatic heterocycles. The van der Waals surface area contributed by atoms with Crippen molar-refractivity contribution < 1.29 is 0 Å². The molecule has 0 aliphatic carbocycles. The number of aryl methyl sites for hydroxylation is 1. The molecule has 0 saturated heterocycles. The lowest BCUT2D eigenvalue weighted by atomic mass is 9.93. The molecule has 0 bridgehead atoms.